The first-order valence-electron chi connectivity index (χ1n) is 10.1. The summed E-state index contributed by atoms with van der Waals surface area (Å²) in [5.41, 5.74) is 0.784. The molecule has 2 N–H and O–H groups in total. The van der Waals surface area contributed by atoms with Crippen LogP contribution in [0.4, 0.5) is 17.1 Å². The molecule has 1 fully saturated rings. The Kier molecular flexibility index (Phi) is 6.62. The van der Waals surface area contributed by atoms with Gasteiger partial charge in [-0.15, -0.1) is 0 Å². The molecule has 0 aliphatic carbocycles. The van der Waals surface area contributed by atoms with Crippen LogP contribution in [0.3, 0.4) is 0 Å². The van der Waals surface area contributed by atoms with Gasteiger partial charge in [-0.25, -0.2) is 8.42 Å². The summed E-state index contributed by atoms with van der Waals surface area (Å²) in [5.74, 6) is -0.185. The van der Waals surface area contributed by atoms with Crippen molar-refractivity contribution in [2.45, 2.75) is 44.9 Å². The molecule has 1 heterocycles. The number of sulfonamides is 1. The summed E-state index contributed by atoms with van der Waals surface area (Å²) in [6.45, 7) is 7.01. The molecule has 1 saturated heterocycles. The molecule has 0 radical (unpaired) electrons. The molecule has 30 heavy (non-hydrogen) atoms. The minimum atomic E-state index is -3.94. The molecule has 6 nitrogen and oxygen atoms in total. The molecular weight excluding hydrogens is 422 g/mol. The predicted molar refractivity (Wildman–Crippen MR) is 123 cm³/mol. The topological polar surface area (TPSA) is 78.5 Å². The highest BCUT2D eigenvalue weighted by molar-refractivity contribution is 7.93. The van der Waals surface area contributed by atoms with Crippen LogP contribution < -0.4 is 14.9 Å². The summed E-state index contributed by atoms with van der Waals surface area (Å²) in [6.07, 6.45) is 3.16. The van der Waals surface area contributed by atoms with Crippen molar-refractivity contribution < 1.29 is 13.2 Å². The highest BCUT2D eigenvalue weighted by Gasteiger charge is 2.26. The van der Waals surface area contributed by atoms with E-state index in [-0.39, 0.29) is 10.8 Å². The lowest BCUT2D eigenvalue weighted by atomic mass is 9.95. The van der Waals surface area contributed by atoms with Gasteiger partial charge in [-0.2, -0.15) is 0 Å². The van der Waals surface area contributed by atoms with Crippen LogP contribution in [-0.4, -0.2) is 27.4 Å². The first-order chi connectivity index (χ1) is 14.1. The number of carbonyl (C=O) groups is 1. The number of halogens is 1. The lowest BCUT2D eigenvalue weighted by molar-refractivity contribution is -0.123. The molecular formula is C22H28ClN3O3S. The van der Waals surface area contributed by atoms with E-state index in [1.807, 2.05) is 0 Å². The van der Waals surface area contributed by atoms with E-state index in [1.165, 1.54) is 6.07 Å². The molecule has 0 aromatic heterocycles. The van der Waals surface area contributed by atoms with Gasteiger partial charge in [-0.1, -0.05) is 44.5 Å². The number of rotatable bonds is 5. The third-order valence-electron chi connectivity index (χ3n) is 5.00. The second kappa shape index (κ2) is 8.86. The maximum Gasteiger partial charge on any atom is 0.264 e. The van der Waals surface area contributed by atoms with Crippen molar-refractivity contribution in [2.24, 2.45) is 5.41 Å². The molecule has 3 rings (SSSR count). The Labute approximate surface area is 183 Å². The average Bonchev–Trinajstić information content (AvgIpc) is 2.69. The van der Waals surface area contributed by atoms with Crippen LogP contribution in [0.1, 0.15) is 40.0 Å². The summed E-state index contributed by atoms with van der Waals surface area (Å²) in [6, 6.07) is 11.7. The molecule has 1 amide bonds. The summed E-state index contributed by atoms with van der Waals surface area (Å²) >= 11 is 6.16. The summed E-state index contributed by atoms with van der Waals surface area (Å²) < 4.78 is 29.3. The van der Waals surface area contributed by atoms with Crippen molar-refractivity contribution in [2.75, 3.05) is 28.0 Å². The smallest absolute Gasteiger partial charge is 0.264 e. The third kappa shape index (κ3) is 5.26. The number of carbonyl (C=O) groups excluding carboxylic acids is 1. The lowest BCUT2D eigenvalue weighted by Gasteiger charge is -2.31. The fourth-order valence-electron chi connectivity index (χ4n) is 3.27. The Bertz CT molecular complexity index is 1030. The number of amides is 1. The number of benzene rings is 2. The standard InChI is InChI=1S/C22H28ClN3O3S/c1-22(2,3)21(27)24-16-11-12-19(26-13-7-4-8-14-26)20(15-16)30(28,29)25-18-10-6-5-9-17(18)23/h5-6,9-12,15,25H,4,7-8,13-14H2,1-3H3,(H,24,27). The van der Waals surface area contributed by atoms with E-state index in [4.69, 9.17) is 11.6 Å². The summed E-state index contributed by atoms with van der Waals surface area (Å²) in [5, 5.41) is 3.14. The largest absolute Gasteiger partial charge is 0.370 e. The van der Waals surface area contributed by atoms with E-state index in [1.54, 1.807) is 57.2 Å². The molecule has 0 saturated carbocycles. The highest BCUT2D eigenvalue weighted by Crippen LogP contribution is 2.33. The normalized spacial score (nSPS) is 15.0. The van der Waals surface area contributed by atoms with Crippen LogP contribution in [-0.2, 0) is 14.8 Å². The predicted octanol–water partition coefficient (Wildman–Crippen LogP) is 5.12. The first kappa shape index (κ1) is 22.4. The average molecular weight is 450 g/mol. The number of para-hydroxylation sites is 1. The van der Waals surface area contributed by atoms with Gasteiger partial charge < -0.3 is 10.2 Å². The molecule has 0 bridgehead atoms. The fraction of sp³-hybridized carbons (Fsp3) is 0.409. The molecule has 1 aliphatic rings. The fourth-order valence-corrected chi connectivity index (χ4v) is 4.84. The maximum atomic E-state index is 13.3. The number of anilines is 3. The van der Waals surface area contributed by atoms with E-state index >= 15 is 0 Å². The van der Waals surface area contributed by atoms with Crippen LogP contribution >= 0.6 is 11.6 Å². The van der Waals surface area contributed by atoms with Crippen molar-refractivity contribution in [3.8, 4) is 0 Å². The van der Waals surface area contributed by atoms with Gasteiger partial charge in [0.15, 0.2) is 0 Å². The summed E-state index contributed by atoms with van der Waals surface area (Å²) in [7, 11) is -3.94. The Morgan fingerprint density at radius 2 is 1.70 bits per heavy atom. The Balaban J connectivity index is 2.02. The Morgan fingerprint density at radius 3 is 2.33 bits per heavy atom. The van der Waals surface area contributed by atoms with E-state index in [9.17, 15) is 13.2 Å². The van der Waals surface area contributed by atoms with Gasteiger partial charge in [0, 0.05) is 24.2 Å². The molecule has 0 spiro atoms. The van der Waals surface area contributed by atoms with Crippen LogP contribution in [0.15, 0.2) is 47.4 Å². The van der Waals surface area contributed by atoms with Crippen molar-refractivity contribution in [1.82, 2.24) is 0 Å². The zero-order valence-electron chi connectivity index (χ0n) is 17.5. The second-order valence-electron chi connectivity index (χ2n) is 8.52. The van der Waals surface area contributed by atoms with Gasteiger partial charge in [-0.3, -0.25) is 9.52 Å². The maximum absolute atomic E-state index is 13.3. The van der Waals surface area contributed by atoms with Crippen LogP contribution in [0.25, 0.3) is 0 Å². The van der Waals surface area contributed by atoms with Gasteiger partial charge in [0.05, 0.1) is 16.4 Å². The number of piperidine rings is 1. The molecule has 1 aliphatic heterocycles. The molecule has 2 aromatic rings. The van der Waals surface area contributed by atoms with Crippen molar-refractivity contribution in [3.05, 3.63) is 47.5 Å². The van der Waals surface area contributed by atoms with Crippen molar-refractivity contribution >= 4 is 44.6 Å². The Morgan fingerprint density at radius 1 is 1.03 bits per heavy atom. The van der Waals surface area contributed by atoms with Crippen LogP contribution in [0, 0.1) is 5.41 Å². The number of nitrogens with zero attached hydrogens (tertiary/aromatic N) is 1. The lowest BCUT2D eigenvalue weighted by Crippen LogP contribution is -2.31. The van der Waals surface area contributed by atoms with E-state index < -0.39 is 15.4 Å². The summed E-state index contributed by atoms with van der Waals surface area (Å²) in [4.78, 5) is 14.6. The van der Waals surface area contributed by atoms with E-state index in [0.717, 1.165) is 32.4 Å². The number of nitrogens with one attached hydrogen (secondary N) is 2. The molecule has 8 heteroatoms. The monoisotopic (exact) mass is 449 g/mol. The second-order valence-corrected chi connectivity index (χ2v) is 10.6. The van der Waals surface area contributed by atoms with Crippen LogP contribution in [0.2, 0.25) is 5.02 Å². The zero-order valence-corrected chi connectivity index (χ0v) is 19.1. The molecule has 0 unspecified atom stereocenters. The van der Waals surface area contributed by atoms with Crippen LogP contribution in [0.5, 0.6) is 0 Å². The highest BCUT2D eigenvalue weighted by atomic mass is 35.5. The van der Waals surface area contributed by atoms with Gasteiger partial charge in [0.2, 0.25) is 5.91 Å². The molecule has 2 aromatic carbocycles. The van der Waals surface area contributed by atoms with E-state index in [2.05, 4.69) is 14.9 Å². The number of hydrogen-bond donors (Lipinski definition) is 2. The van der Waals surface area contributed by atoms with Crippen molar-refractivity contribution in [3.63, 3.8) is 0 Å². The molecule has 0 atom stereocenters. The first-order valence-corrected chi connectivity index (χ1v) is 11.9. The van der Waals surface area contributed by atoms with E-state index in [0.29, 0.717) is 22.1 Å². The van der Waals surface area contributed by atoms with Gasteiger partial charge in [0.25, 0.3) is 10.0 Å². The third-order valence-corrected chi connectivity index (χ3v) is 6.73. The van der Waals surface area contributed by atoms with Gasteiger partial charge in [0.1, 0.15) is 4.90 Å². The van der Waals surface area contributed by atoms with Crippen molar-refractivity contribution in [1.29, 1.82) is 0 Å². The number of hydrogen-bond acceptors (Lipinski definition) is 4. The quantitative estimate of drug-likeness (QED) is 0.664. The SMILES string of the molecule is CC(C)(C)C(=O)Nc1ccc(N2CCCCC2)c(S(=O)(=O)Nc2ccccc2Cl)c1. The minimum absolute atomic E-state index is 0.121. The minimum Gasteiger partial charge on any atom is -0.370 e. The zero-order chi connectivity index (χ0) is 21.9. The Hall–Kier alpha value is -2.25. The van der Waals surface area contributed by atoms with Gasteiger partial charge in [-0.05, 0) is 49.6 Å². The van der Waals surface area contributed by atoms with Gasteiger partial charge >= 0.3 is 0 Å². The molecule has 162 valence electrons.